The van der Waals surface area contributed by atoms with Crippen molar-refractivity contribution in [3.05, 3.63) is 167 Å². The van der Waals surface area contributed by atoms with E-state index in [4.69, 9.17) is 18.9 Å². The lowest BCUT2D eigenvalue weighted by atomic mass is 9.77. The number of carbonyl (C=O) groups excluding carboxylic acids is 7. The Morgan fingerprint density at radius 2 is 1.06 bits per heavy atom. The number of rotatable bonds is 24. The van der Waals surface area contributed by atoms with Gasteiger partial charge in [0.15, 0.2) is 6.04 Å². The maximum atomic E-state index is 14.7. The van der Waals surface area contributed by atoms with Crippen molar-refractivity contribution in [2.75, 3.05) is 26.9 Å². The number of alkyl carbamates (subject to hydrolysis) is 1. The molecule has 0 saturated heterocycles. The van der Waals surface area contributed by atoms with Crippen molar-refractivity contribution in [3.63, 3.8) is 0 Å². The van der Waals surface area contributed by atoms with Gasteiger partial charge in [0.25, 0.3) is 0 Å². The molecule has 0 bridgehead atoms. The first kappa shape index (κ1) is 60.3. The highest BCUT2D eigenvalue weighted by molar-refractivity contribution is 5.97. The van der Waals surface area contributed by atoms with Crippen LogP contribution in [0.25, 0.3) is 11.1 Å². The topological polar surface area (TPSA) is 229 Å². The van der Waals surface area contributed by atoms with Crippen molar-refractivity contribution in [1.29, 1.82) is 0 Å². The third-order valence-electron chi connectivity index (χ3n) is 13.6. The molecule has 0 heterocycles. The molecule has 5 aromatic carbocycles. The van der Waals surface area contributed by atoms with Crippen molar-refractivity contribution in [2.45, 2.75) is 128 Å². The van der Waals surface area contributed by atoms with E-state index in [0.717, 1.165) is 29.4 Å². The smallest absolute Gasteiger partial charge is 0.407 e. The minimum absolute atomic E-state index is 0.0127. The van der Waals surface area contributed by atoms with Crippen molar-refractivity contribution >= 4 is 41.6 Å². The zero-order valence-corrected chi connectivity index (χ0v) is 46.8. The molecule has 17 heteroatoms. The molecular formula is C62H76N6O11. The summed E-state index contributed by atoms with van der Waals surface area (Å²) in [7, 11) is 1.15. The Balaban J connectivity index is 1.21. The van der Waals surface area contributed by atoms with Crippen LogP contribution in [0, 0.1) is 5.92 Å². The molecular weight excluding hydrogens is 1000 g/mol. The van der Waals surface area contributed by atoms with Crippen LogP contribution in [0.2, 0.25) is 0 Å². The van der Waals surface area contributed by atoms with Crippen molar-refractivity contribution < 1.29 is 52.5 Å². The Hall–Kier alpha value is -7.89. The number of fused-ring (bicyclic) bond motifs is 3. The van der Waals surface area contributed by atoms with Crippen LogP contribution in [0.1, 0.15) is 109 Å². The molecule has 5 aromatic rings. The lowest BCUT2D eigenvalue weighted by molar-refractivity contribution is -0.149. The number of hydrogen-bond donors (Lipinski definition) is 6. The number of hydrogen-bond acceptors (Lipinski definition) is 11. The van der Waals surface area contributed by atoms with E-state index in [1.807, 2.05) is 146 Å². The number of amides is 6. The summed E-state index contributed by atoms with van der Waals surface area (Å²) in [4.78, 5) is 98.5. The van der Waals surface area contributed by atoms with Crippen LogP contribution in [-0.4, -0.2) is 110 Å². The van der Waals surface area contributed by atoms with E-state index < -0.39 is 107 Å². The van der Waals surface area contributed by atoms with Crippen LogP contribution >= 0.6 is 0 Å². The maximum Gasteiger partial charge on any atom is 0.407 e. The van der Waals surface area contributed by atoms with Gasteiger partial charge < -0.3 is 50.8 Å². The highest BCUT2D eigenvalue weighted by Crippen LogP contribution is 2.44. The number of esters is 1. The van der Waals surface area contributed by atoms with Gasteiger partial charge in [0.05, 0.1) is 44.0 Å². The third kappa shape index (κ3) is 16.1. The zero-order chi connectivity index (χ0) is 57.5. The van der Waals surface area contributed by atoms with E-state index in [1.165, 1.54) is 0 Å². The number of benzene rings is 5. The Labute approximate surface area is 463 Å². The summed E-state index contributed by atoms with van der Waals surface area (Å²) in [5, 5.41) is 16.5. The highest BCUT2D eigenvalue weighted by Gasteiger charge is 2.41. The molecule has 6 atom stereocenters. The first-order valence-electron chi connectivity index (χ1n) is 26.7. The summed E-state index contributed by atoms with van der Waals surface area (Å²) in [6, 6.07) is 38.2. The highest BCUT2D eigenvalue weighted by atomic mass is 16.6. The van der Waals surface area contributed by atoms with Gasteiger partial charge in [-0.3, -0.25) is 24.0 Å². The lowest BCUT2D eigenvalue weighted by Crippen LogP contribution is -2.60. The van der Waals surface area contributed by atoms with E-state index in [2.05, 4.69) is 31.9 Å². The van der Waals surface area contributed by atoms with Crippen molar-refractivity contribution in [2.24, 2.45) is 5.92 Å². The van der Waals surface area contributed by atoms with Gasteiger partial charge in [-0.2, -0.15) is 0 Å². The molecule has 6 rings (SSSR count). The largest absolute Gasteiger partial charge is 0.467 e. The molecule has 1 aliphatic rings. The van der Waals surface area contributed by atoms with Crippen LogP contribution in [0.15, 0.2) is 140 Å². The van der Waals surface area contributed by atoms with E-state index in [-0.39, 0.29) is 19.1 Å². The SMILES string of the molecule is CC[C@H](C)[C@H](NC(=O)OCC1c2ccccc2-c2ccccc21)C(=O)N[C@H](C(=O)NCC(=O)N[C@@H](CC(=O)NC(c1ccccc1)(c1ccccc1)c1ccccc1)C(=O)N[C@@H](COC(C)(C)C)C(=O)OC)[C@H](C)OC(C)(C)C. The summed E-state index contributed by atoms with van der Waals surface area (Å²) in [5.74, 6) is -5.50. The molecule has 79 heavy (non-hydrogen) atoms. The van der Waals surface area contributed by atoms with E-state index >= 15 is 0 Å². The fourth-order valence-corrected chi connectivity index (χ4v) is 9.61. The van der Waals surface area contributed by atoms with Gasteiger partial charge >= 0.3 is 12.1 Å². The second kappa shape index (κ2) is 27.1. The van der Waals surface area contributed by atoms with Gasteiger partial charge in [-0.05, 0) is 93.3 Å². The second-order valence-corrected chi connectivity index (χ2v) is 21.7. The zero-order valence-electron chi connectivity index (χ0n) is 46.8. The van der Waals surface area contributed by atoms with Crippen LogP contribution in [0.3, 0.4) is 0 Å². The normalized spacial score (nSPS) is 14.6. The summed E-state index contributed by atoms with van der Waals surface area (Å²) in [5.41, 5.74) is 3.46. The van der Waals surface area contributed by atoms with Gasteiger partial charge in [0.2, 0.25) is 29.5 Å². The molecule has 420 valence electrons. The summed E-state index contributed by atoms with van der Waals surface area (Å²) >= 11 is 0. The van der Waals surface area contributed by atoms with Crippen molar-refractivity contribution in [1.82, 2.24) is 31.9 Å². The van der Waals surface area contributed by atoms with Crippen LogP contribution in [0.5, 0.6) is 0 Å². The fraction of sp³-hybridized carbons (Fsp3) is 0.403. The summed E-state index contributed by atoms with van der Waals surface area (Å²) < 4.78 is 22.8. The van der Waals surface area contributed by atoms with E-state index in [9.17, 15) is 33.6 Å². The summed E-state index contributed by atoms with van der Waals surface area (Å²) in [6.45, 7) is 14.8. The number of carbonyl (C=O) groups is 7. The second-order valence-electron chi connectivity index (χ2n) is 21.7. The first-order valence-corrected chi connectivity index (χ1v) is 26.7. The Bertz CT molecular complexity index is 2750. The van der Waals surface area contributed by atoms with Gasteiger partial charge in [0, 0.05) is 5.92 Å². The average molecular weight is 1080 g/mol. The predicted octanol–water partition coefficient (Wildman–Crippen LogP) is 7.20. The Kier molecular flexibility index (Phi) is 20.7. The standard InChI is InChI=1S/C62H76N6O11/c1-11-39(2)53(67-59(75)77-37-48-46-33-23-21-31-44(46)45-32-22-24-34-47(45)48)57(73)66-54(40(3)79-61(7,8)9)56(72)63-36-52(70)64-49(55(71)65-50(58(74)76-10)38-78-60(4,5)6)35-51(69)68-62(41-25-15-12-16-26-41,42-27-17-13-18-28-42)43-29-19-14-20-30-43/h12-34,39-40,48-50,53-54H,11,35-38H2,1-10H3,(H,63,72)(H,64,70)(H,65,71)(H,66,73)(H,67,75)(H,68,69)/t39-,40-,49-,50-,53-,54-/m0/s1. The van der Waals surface area contributed by atoms with Gasteiger partial charge in [-0.25, -0.2) is 9.59 Å². The number of ether oxygens (including phenoxy) is 4. The quantitative estimate of drug-likeness (QED) is 0.0268. The van der Waals surface area contributed by atoms with E-state index in [0.29, 0.717) is 23.1 Å². The summed E-state index contributed by atoms with van der Waals surface area (Å²) in [6.07, 6.45) is -1.98. The molecule has 0 unspecified atom stereocenters. The minimum Gasteiger partial charge on any atom is -0.467 e. The van der Waals surface area contributed by atoms with E-state index in [1.54, 1.807) is 55.4 Å². The molecule has 6 amide bonds. The number of methoxy groups -OCH3 is 1. The predicted molar refractivity (Wildman–Crippen MR) is 300 cm³/mol. The molecule has 17 nitrogen and oxygen atoms in total. The van der Waals surface area contributed by atoms with Crippen LogP contribution in [-0.2, 0) is 53.3 Å². The first-order chi connectivity index (χ1) is 37.5. The third-order valence-corrected chi connectivity index (χ3v) is 13.6. The fourth-order valence-electron chi connectivity index (χ4n) is 9.61. The van der Waals surface area contributed by atoms with Crippen LogP contribution < -0.4 is 31.9 Å². The monoisotopic (exact) mass is 1080 g/mol. The molecule has 6 N–H and O–H groups in total. The molecule has 0 spiro atoms. The maximum absolute atomic E-state index is 14.7. The molecule has 0 aromatic heterocycles. The van der Waals surface area contributed by atoms with Crippen LogP contribution in [0.4, 0.5) is 4.79 Å². The van der Waals surface area contributed by atoms with Crippen molar-refractivity contribution in [3.8, 4) is 11.1 Å². The molecule has 1 aliphatic carbocycles. The van der Waals surface area contributed by atoms with Gasteiger partial charge in [-0.1, -0.05) is 160 Å². The number of nitrogens with one attached hydrogen (secondary N) is 6. The molecule has 0 fully saturated rings. The molecule has 0 radical (unpaired) electrons. The average Bonchev–Trinajstić information content (AvgIpc) is 4.02. The lowest BCUT2D eigenvalue weighted by Gasteiger charge is -2.37. The molecule has 0 aliphatic heterocycles. The Morgan fingerprint density at radius 1 is 0.557 bits per heavy atom. The molecule has 0 saturated carbocycles. The Morgan fingerprint density at radius 3 is 1.54 bits per heavy atom. The van der Waals surface area contributed by atoms with Gasteiger partial charge in [0.1, 0.15) is 30.3 Å². The van der Waals surface area contributed by atoms with Gasteiger partial charge in [-0.15, -0.1) is 0 Å². The minimum atomic E-state index is -1.63.